The van der Waals surface area contributed by atoms with Gasteiger partial charge in [0.15, 0.2) is 0 Å². The van der Waals surface area contributed by atoms with E-state index in [4.69, 9.17) is 9.47 Å². The first-order valence-electron chi connectivity index (χ1n) is 6.71. The summed E-state index contributed by atoms with van der Waals surface area (Å²) in [5.41, 5.74) is 2.55. The van der Waals surface area contributed by atoms with Gasteiger partial charge in [0, 0.05) is 17.8 Å². The Balaban J connectivity index is 1.83. The Morgan fingerprint density at radius 2 is 1.70 bits per heavy atom. The number of benzene rings is 2. The molecule has 2 rings (SSSR count). The zero-order valence-electron chi connectivity index (χ0n) is 11.7. The van der Waals surface area contributed by atoms with Crippen molar-refractivity contribution in [3.63, 3.8) is 0 Å². The van der Waals surface area contributed by atoms with E-state index in [0.717, 1.165) is 5.75 Å². The van der Waals surface area contributed by atoms with Gasteiger partial charge in [-0.05, 0) is 23.3 Å². The average Bonchev–Trinajstić information content (AvgIpc) is 2.51. The molecule has 2 aromatic carbocycles. The Hall–Kier alpha value is -1.29. The molecular formula is C17H20O2S. The summed E-state index contributed by atoms with van der Waals surface area (Å²) in [5, 5.41) is 0. The third-order valence-electron chi connectivity index (χ3n) is 2.85. The van der Waals surface area contributed by atoms with Crippen molar-refractivity contribution < 1.29 is 9.47 Å². The molecule has 20 heavy (non-hydrogen) atoms. The molecule has 0 unspecified atom stereocenters. The van der Waals surface area contributed by atoms with E-state index in [0.29, 0.717) is 19.8 Å². The van der Waals surface area contributed by atoms with Gasteiger partial charge >= 0.3 is 0 Å². The van der Waals surface area contributed by atoms with Crippen LogP contribution in [0.15, 0.2) is 59.5 Å². The molecule has 0 spiro atoms. The summed E-state index contributed by atoms with van der Waals surface area (Å²) in [7, 11) is 1.68. The van der Waals surface area contributed by atoms with Gasteiger partial charge < -0.3 is 9.47 Å². The number of ether oxygens (including phenoxy) is 2. The molecule has 0 heterocycles. The van der Waals surface area contributed by atoms with E-state index >= 15 is 0 Å². The number of methoxy groups -OCH3 is 1. The molecule has 0 aliphatic heterocycles. The predicted molar refractivity (Wildman–Crippen MR) is 84.0 cm³/mol. The molecular weight excluding hydrogens is 268 g/mol. The van der Waals surface area contributed by atoms with Crippen LogP contribution in [0.1, 0.15) is 11.1 Å². The maximum Gasteiger partial charge on any atom is 0.0718 e. The van der Waals surface area contributed by atoms with Crippen molar-refractivity contribution >= 4 is 11.8 Å². The molecule has 0 amide bonds. The van der Waals surface area contributed by atoms with E-state index < -0.39 is 0 Å². The lowest BCUT2D eigenvalue weighted by Crippen LogP contribution is -2.01. The van der Waals surface area contributed by atoms with Gasteiger partial charge in [0.2, 0.25) is 0 Å². The summed E-state index contributed by atoms with van der Waals surface area (Å²) in [4.78, 5) is 1.28. The van der Waals surface area contributed by atoms with Crippen molar-refractivity contribution in [3.05, 3.63) is 65.7 Å². The fraction of sp³-hybridized carbons (Fsp3) is 0.294. The van der Waals surface area contributed by atoms with Crippen molar-refractivity contribution in [2.75, 3.05) is 20.3 Å². The number of rotatable bonds is 8. The molecule has 0 radical (unpaired) electrons. The van der Waals surface area contributed by atoms with Crippen LogP contribution in [0, 0.1) is 0 Å². The molecule has 2 nitrogen and oxygen atoms in total. The monoisotopic (exact) mass is 288 g/mol. The van der Waals surface area contributed by atoms with Crippen LogP contribution in [0.5, 0.6) is 0 Å². The highest BCUT2D eigenvalue weighted by Gasteiger charge is 1.99. The second-order valence-electron chi connectivity index (χ2n) is 4.47. The normalized spacial score (nSPS) is 10.7. The van der Waals surface area contributed by atoms with Crippen molar-refractivity contribution in [1.82, 2.24) is 0 Å². The first-order chi connectivity index (χ1) is 9.88. The largest absolute Gasteiger partial charge is 0.382 e. The number of hydrogen-bond donors (Lipinski definition) is 0. The third-order valence-corrected chi connectivity index (χ3v) is 3.91. The smallest absolute Gasteiger partial charge is 0.0718 e. The third kappa shape index (κ3) is 5.37. The Morgan fingerprint density at radius 3 is 2.50 bits per heavy atom. The van der Waals surface area contributed by atoms with E-state index in [1.165, 1.54) is 16.0 Å². The standard InChI is InChI=1S/C17H20O2S/c1-18-10-11-19-13-16-8-5-9-17(12-16)20-14-15-6-3-2-4-7-15/h2-9,12H,10-11,13-14H2,1H3. The molecule has 3 heteroatoms. The lowest BCUT2D eigenvalue weighted by Gasteiger charge is -2.06. The Kier molecular flexibility index (Phi) is 6.64. The fourth-order valence-corrected chi connectivity index (χ4v) is 2.73. The highest BCUT2D eigenvalue weighted by atomic mass is 32.2. The van der Waals surface area contributed by atoms with Gasteiger partial charge in [0.25, 0.3) is 0 Å². The van der Waals surface area contributed by atoms with Crippen LogP contribution >= 0.6 is 11.8 Å². The minimum absolute atomic E-state index is 0.637. The number of hydrogen-bond acceptors (Lipinski definition) is 3. The molecule has 2 aromatic rings. The highest BCUT2D eigenvalue weighted by molar-refractivity contribution is 7.98. The van der Waals surface area contributed by atoms with Crippen molar-refractivity contribution in [3.8, 4) is 0 Å². The van der Waals surface area contributed by atoms with Crippen LogP contribution in [0.2, 0.25) is 0 Å². The van der Waals surface area contributed by atoms with Crippen LogP contribution < -0.4 is 0 Å². The second kappa shape index (κ2) is 8.80. The zero-order chi connectivity index (χ0) is 14.0. The second-order valence-corrected chi connectivity index (χ2v) is 5.52. The van der Waals surface area contributed by atoms with Crippen LogP contribution in [-0.4, -0.2) is 20.3 Å². The first kappa shape index (κ1) is 15.1. The Labute approximate surface area is 125 Å². The molecule has 0 aliphatic rings. The molecule has 0 aromatic heterocycles. The average molecular weight is 288 g/mol. The molecule has 0 atom stereocenters. The summed E-state index contributed by atoms with van der Waals surface area (Å²) in [6.45, 7) is 1.92. The van der Waals surface area contributed by atoms with Crippen molar-refractivity contribution in [2.45, 2.75) is 17.3 Å². The molecule has 0 saturated heterocycles. The van der Waals surface area contributed by atoms with Gasteiger partial charge in [-0.3, -0.25) is 0 Å². The lowest BCUT2D eigenvalue weighted by molar-refractivity contribution is 0.0616. The van der Waals surface area contributed by atoms with E-state index in [9.17, 15) is 0 Å². The maximum absolute atomic E-state index is 5.54. The highest BCUT2D eigenvalue weighted by Crippen LogP contribution is 2.23. The van der Waals surface area contributed by atoms with Crippen molar-refractivity contribution in [1.29, 1.82) is 0 Å². The van der Waals surface area contributed by atoms with Crippen molar-refractivity contribution in [2.24, 2.45) is 0 Å². The van der Waals surface area contributed by atoms with Crippen LogP contribution in [0.3, 0.4) is 0 Å². The van der Waals surface area contributed by atoms with E-state index in [1.54, 1.807) is 7.11 Å². The van der Waals surface area contributed by atoms with Gasteiger partial charge in [0.1, 0.15) is 0 Å². The topological polar surface area (TPSA) is 18.5 Å². The summed E-state index contributed by atoms with van der Waals surface area (Å²) >= 11 is 1.85. The maximum atomic E-state index is 5.54. The predicted octanol–water partition coefficient (Wildman–Crippen LogP) is 4.14. The van der Waals surface area contributed by atoms with E-state index in [1.807, 2.05) is 17.8 Å². The van der Waals surface area contributed by atoms with Crippen LogP contribution in [0.4, 0.5) is 0 Å². The van der Waals surface area contributed by atoms with Gasteiger partial charge in [-0.1, -0.05) is 42.5 Å². The molecule has 0 N–H and O–H groups in total. The van der Waals surface area contributed by atoms with Crippen LogP contribution in [0.25, 0.3) is 0 Å². The SMILES string of the molecule is COCCOCc1cccc(SCc2ccccc2)c1. The first-order valence-corrected chi connectivity index (χ1v) is 7.69. The summed E-state index contributed by atoms with van der Waals surface area (Å²) < 4.78 is 10.5. The molecule has 0 fully saturated rings. The summed E-state index contributed by atoms with van der Waals surface area (Å²) in [6, 6.07) is 19.0. The quantitative estimate of drug-likeness (QED) is 0.537. The lowest BCUT2D eigenvalue weighted by atomic mass is 10.2. The summed E-state index contributed by atoms with van der Waals surface area (Å²) in [6.07, 6.45) is 0. The molecule has 106 valence electrons. The van der Waals surface area contributed by atoms with Gasteiger partial charge in [0.05, 0.1) is 19.8 Å². The summed E-state index contributed by atoms with van der Waals surface area (Å²) in [5.74, 6) is 0.995. The van der Waals surface area contributed by atoms with E-state index in [2.05, 4.69) is 48.5 Å². The fourth-order valence-electron chi connectivity index (χ4n) is 1.80. The zero-order valence-corrected chi connectivity index (χ0v) is 12.6. The van der Waals surface area contributed by atoms with E-state index in [-0.39, 0.29) is 0 Å². The minimum Gasteiger partial charge on any atom is -0.382 e. The van der Waals surface area contributed by atoms with Gasteiger partial charge in [-0.25, -0.2) is 0 Å². The number of thioether (sulfide) groups is 1. The molecule has 0 bridgehead atoms. The van der Waals surface area contributed by atoms with Gasteiger partial charge in [-0.2, -0.15) is 0 Å². The molecule has 0 saturated carbocycles. The van der Waals surface area contributed by atoms with Crippen LogP contribution in [-0.2, 0) is 21.8 Å². The van der Waals surface area contributed by atoms with Gasteiger partial charge in [-0.15, -0.1) is 11.8 Å². The minimum atomic E-state index is 0.637. The Morgan fingerprint density at radius 1 is 0.900 bits per heavy atom. The molecule has 0 aliphatic carbocycles. The Bertz CT molecular complexity index is 499.